The Balaban J connectivity index is 0.000000559. The Morgan fingerprint density at radius 3 is 2.16 bits per heavy atom. The van der Waals surface area contributed by atoms with Crippen LogP contribution in [0.15, 0.2) is 48.5 Å². The van der Waals surface area contributed by atoms with Crippen molar-refractivity contribution in [3.05, 3.63) is 69.8 Å². The minimum atomic E-state index is -4.67. The molecule has 232 valence electrons. The van der Waals surface area contributed by atoms with Crippen LogP contribution in [0.3, 0.4) is 0 Å². The van der Waals surface area contributed by atoms with Gasteiger partial charge in [-0.3, -0.25) is 23.3 Å². The molecule has 4 aromatic rings. The summed E-state index contributed by atoms with van der Waals surface area (Å²) in [6.45, 7) is 6.46. The van der Waals surface area contributed by atoms with Crippen molar-refractivity contribution in [2.24, 2.45) is 0 Å². The van der Waals surface area contributed by atoms with Crippen molar-refractivity contribution in [3.63, 3.8) is 0 Å². The Labute approximate surface area is 256 Å². The lowest BCUT2D eigenvalue weighted by molar-refractivity contribution is 0.301. The lowest BCUT2D eigenvalue weighted by atomic mass is 10.1. The molecule has 0 radical (unpaired) electrons. The largest absolute Gasteiger partial charge is 0.487 e. The lowest BCUT2D eigenvalue weighted by Crippen LogP contribution is -2.26. The average Bonchev–Trinajstić information content (AvgIpc) is 3.23. The second-order valence-corrected chi connectivity index (χ2v) is 11.9. The SMILES string of the molecule is CC(C)(C)Nc1ccc2c(COc3ccc(Cl)c(Oc4cc(Cl)cc(C#N)c4)c3)[nH]nc2n1.O=S(=O)(O)O.O=S(=O)(O)O. The quantitative estimate of drug-likeness (QED) is 0.140. The number of halogens is 2. The molecule has 0 amide bonds. The molecule has 4 rings (SSSR count). The maximum absolute atomic E-state index is 9.13. The summed E-state index contributed by atoms with van der Waals surface area (Å²) in [5.74, 6) is 2.10. The number of ether oxygens (including phenoxy) is 2. The number of nitrogens with zero attached hydrogens (tertiary/aromatic N) is 3. The second kappa shape index (κ2) is 14.6. The Kier molecular flexibility index (Phi) is 12.1. The molecular weight excluding hydrogens is 653 g/mol. The van der Waals surface area contributed by atoms with Crippen molar-refractivity contribution in [1.29, 1.82) is 5.26 Å². The monoisotopic (exact) mass is 677 g/mol. The molecule has 6 N–H and O–H groups in total. The summed E-state index contributed by atoms with van der Waals surface area (Å²) in [6.07, 6.45) is 0. The standard InChI is InChI=1S/C24H21Cl2N5O2.2H2O4S/c1-24(2,3)29-22-7-5-18-20(30-31-23(18)28-22)13-32-16-4-6-19(26)21(11-16)33-17-9-14(12-27)8-15(25)10-17;2*1-5(2,3)4/h4-11H,13H2,1-3H3,(H2,28,29,30,31);2*(H2,1,2,3,4). The lowest BCUT2D eigenvalue weighted by Gasteiger charge is -2.20. The molecule has 2 heterocycles. The van der Waals surface area contributed by atoms with E-state index in [0.29, 0.717) is 38.5 Å². The molecule has 0 saturated carbocycles. The molecule has 2 aromatic heterocycles. The highest BCUT2D eigenvalue weighted by atomic mass is 35.5. The van der Waals surface area contributed by atoms with Gasteiger partial charge in [0.1, 0.15) is 29.7 Å². The highest BCUT2D eigenvalue weighted by molar-refractivity contribution is 7.80. The van der Waals surface area contributed by atoms with Gasteiger partial charge in [-0.25, -0.2) is 4.98 Å². The number of rotatable bonds is 6. The first-order chi connectivity index (χ1) is 19.7. The molecule has 0 aliphatic rings. The van der Waals surface area contributed by atoms with Gasteiger partial charge in [0.2, 0.25) is 0 Å². The molecule has 15 nitrogen and oxygen atoms in total. The number of fused-ring (bicyclic) bond motifs is 1. The molecule has 2 aromatic carbocycles. The molecule has 0 aliphatic heterocycles. The smallest absolute Gasteiger partial charge is 0.394 e. The van der Waals surface area contributed by atoms with Gasteiger partial charge in [0, 0.05) is 22.0 Å². The van der Waals surface area contributed by atoms with Gasteiger partial charge in [-0.2, -0.15) is 27.2 Å². The van der Waals surface area contributed by atoms with E-state index in [1.807, 2.05) is 18.2 Å². The summed E-state index contributed by atoms with van der Waals surface area (Å²) in [5.41, 5.74) is 1.70. The van der Waals surface area contributed by atoms with Gasteiger partial charge in [-0.1, -0.05) is 23.2 Å². The molecule has 0 atom stereocenters. The number of hydrogen-bond acceptors (Lipinski definition) is 10. The van der Waals surface area contributed by atoms with E-state index >= 15 is 0 Å². The zero-order valence-electron chi connectivity index (χ0n) is 22.5. The third-order valence-corrected chi connectivity index (χ3v) is 5.04. The maximum Gasteiger partial charge on any atom is 0.394 e. The van der Waals surface area contributed by atoms with Gasteiger partial charge >= 0.3 is 20.8 Å². The summed E-state index contributed by atoms with van der Waals surface area (Å²) in [4.78, 5) is 4.55. The van der Waals surface area contributed by atoms with E-state index < -0.39 is 20.8 Å². The highest BCUT2D eigenvalue weighted by Gasteiger charge is 2.14. The fraction of sp³-hybridized carbons (Fsp3) is 0.208. The van der Waals surface area contributed by atoms with Crippen LogP contribution in [0.1, 0.15) is 32.0 Å². The number of nitrogens with one attached hydrogen (secondary N) is 2. The first-order valence-electron chi connectivity index (χ1n) is 11.5. The number of aromatic amines is 1. The van der Waals surface area contributed by atoms with Crippen LogP contribution in [-0.2, 0) is 27.4 Å². The molecule has 0 aliphatic carbocycles. The van der Waals surface area contributed by atoms with E-state index in [4.69, 9.17) is 73.0 Å². The van der Waals surface area contributed by atoms with Gasteiger partial charge < -0.3 is 14.8 Å². The summed E-state index contributed by atoms with van der Waals surface area (Å²) < 4.78 is 75.0. The summed E-state index contributed by atoms with van der Waals surface area (Å²) >= 11 is 12.3. The van der Waals surface area contributed by atoms with E-state index in [-0.39, 0.29) is 12.1 Å². The molecular formula is C24H25Cl2N5O10S2. The highest BCUT2D eigenvalue weighted by Crippen LogP contribution is 2.34. The summed E-state index contributed by atoms with van der Waals surface area (Å²) in [5, 5.41) is 21.4. The Morgan fingerprint density at radius 1 is 0.953 bits per heavy atom. The van der Waals surface area contributed by atoms with Gasteiger partial charge in [0.25, 0.3) is 0 Å². The first kappa shape index (κ1) is 35.5. The number of hydrogen-bond donors (Lipinski definition) is 6. The van der Waals surface area contributed by atoms with Crippen LogP contribution in [0.5, 0.6) is 17.2 Å². The number of pyridine rings is 1. The van der Waals surface area contributed by atoms with E-state index in [1.54, 1.807) is 36.4 Å². The number of anilines is 1. The van der Waals surface area contributed by atoms with Crippen LogP contribution < -0.4 is 14.8 Å². The van der Waals surface area contributed by atoms with Gasteiger partial charge in [0.05, 0.1) is 22.3 Å². The predicted octanol–water partition coefficient (Wildman–Crippen LogP) is 5.41. The molecule has 19 heteroatoms. The zero-order valence-corrected chi connectivity index (χ0v) is 25.6. The van der Waals surface area contributed by atoms with Crippen LogP contribution >= 0.6 is 23.2 Å². The van der Waals surface area contributed by atoms with Crippen LogP contribution in [0.25, 0.3) is 11.0 Å². The third kappa shape index (κ3) is 14.3. The Bertz CT molecular complexity index is 1790. The van der Waals surface area contributed by atoms with E-state index in [2.05, 4.69) is 41.3 Å². The first-order valence-corrected chi connectivity index (χ1v) is 15.1. The molecule has 0 bridgehead atoms. The topological polar surface area (TPSA) is 245 Å². The van der Waals surface area contributed by atoms with Crippen molar-refractivity contribution < 1.29 is 44.5 Å². The predicted molar refractivity (Wildman–Crippen MR) is 158 cm³/mol. The van der Waals surface area contributed by atoms with Crippen LogP contribution in [0.4, 0.5) is 5.82 Å². The van der Waals surface area contributed by atoms with Gasteiger partial charge in [0.15, 0.2) is 5.65 Å². The normalized spacial score (nSPS) is 11.3. The van der Waals surface area contributed by atoms with Crippen molar-refractivity contribution in [3.8, 4) is 23.3 Å². The van der Waals surface area contributed by atoms with E-state index in [1.165, 1.54) is 0 Å². The minimum absolute atomic E-state index is 0.0987. The van der Waals surface area contributed by atoms with Crippen molar-refractivity contribution >= 4 is 60.9 Å². The molecule has 0 spiro atoms. The Hall–Kier alpha value is -3.73. The fourth-order valence-electron chi connectivity index (χ4n) is 3.13. The van der Waals surface area contributed by atoms with Gasteiger partial charge in [-0.05, 0) is 63.2 Å². The van der Waals surface area contributed by atoms with Crippen LogP contribution in [0, 0.1) is 11.3 Å². The maximum atomic E-state index is 9.13. The van der Waals surface area contributed by atoms with Crippen molar-refractivity contribution in [2.45, 2.75) is 32.9 Å². The third-order valence-electron chi connectivity index (χ3n) is 4.51. The Morgan fingerprint density at radius 2 is 1.58 bits per heavy atom. The molecule has 43 heavy (non-hydrogen) atoms. The molecule has 0 unspecified atom stereocenters. The summed E-state index contributed by atoms with van der Waals surface area (Å²) in [7, 11) is -9.33. The number of aromatic nitrogens is 3. The number of nitriles is 1. The van der Waals surface area contributed by atoms with Crippen molar-refractivity contribution in [1.82, 2.24) is 15.2 Å². The average molecular weight is 679 g/mol. The molecule has 0 fully saturated rings. The number of benzene rings is 2. The summed E-state index contributed by atoms with van der Waals surface area (Å²) in [6, 6.07) is 15.8. The van der Waals surface area contributed by atoms with E-state index in [9.17, 15) is 0 Å². The van der Waals surface area contributed by atoms with Crippen LogP contribution in [-0.4, -0.2) is 55.8 Å². The van der Waals surface area contributed by atoms with Crippen molar-refractivity contribution in [2.75, 3.05) is 5.32 Å². The van der Waals surface area contributed by atoms with Gasteiger partial charge in [-0.15, -0.1) is 0 Å². The minimum Gasteiger partial charge on any atom is -0.487 e. The molecule has 0 saturated heterocycles. The van der Waals surface area contributed by atoms with E-state index in [0.717, 1.165) is 16.9 Å². The zero-order chi connectivity index (χ0) is 32.6. The van der Waals surface area contributed by atoms with Crippen LogP contribution in [0.2, 0.25) is 10.0 Å². The second-order valence-electron chi connectivity index (χ2n) is 9.31. The fourth-order valence-corrected chi connectivity index (χ4v) is 3.52. The number of H-pyrrole nitrogens is 1.